The number of methoxy groups -OCH3 is 1. The molecule has 0 aliphatic heterocycles. The maximum atomic E-state index is 11.7. The SMILES string of the molecule is CCSc1nc(NC(C)(C)C(=O)OC)nc(SCC)n1. The number of carbonyl (C=O) groups is 1. The van der Waals surface area contributed by atoms with Crippen LogP contribution in [0.25, 0.3) is 0 Å². The van der Waals surface area contributed by atoms with Crippen molar-refractivity contribution in [2.45, 2.75) is 43.5 Å². The third-order valence-corrected chi connectivity index (χ3v) is 3.72. The van der Waals surface area contributed by atoms with Gasteiger partial charge in [-0.2, -0.15) is 15.0 Å². The number of thioether (sulfide) groups is 2. The molecule has 1 aromatic heterocycles. The third-order valence-electron chi connectivity index (χ3n) is 2.26. The van der Waals surface area contributed by atoms with Crippen LogP contribution in [0.5, 0.6) is 0 Å². The van der Waals surface area contributed by atoms with Crippen molar-refractivity contribution in [2.24, 2.45) is 0 Å². The first-order valence-electron chi connectivity index (χ1n) is 6.31. The maximum Gasteiger partial charge on any atom is 0.330 e. The molecule has 0 saturated heterocycles. The van der Waals surface area contributed by atoms with Crippen molar-refractivity contribution in [3.63, 3.8) is 0 Å². The van der Waals surface area contributed by atoms with Crippen LogP contribution in [0.3, 0.4) is 0 Å². The molecule has 0 amide bonds. The minimum Gasteiger partial charge on any atom is -0.467 e. The fourth-order valence-corrected chi connectivity index (χ4v) is 2.55. The number of rotatable bonds is 7. The lowest BCUT2D eigenvalue weighted by Crippen LogP contribution is -2.41. The average Bonchev–Trinajstić information content (AvgIpc) is 2.37. The van der Waals surface area contributed by atoms with E-state index in [9.17, 15) is 4.79 Å². The second-order valence-electron chi connectivity index (χ2n) is 4.33. The molecule has 0 bridgehead atoms. The van der Waals surface area contributed by atoms with Crippen LogP contribution < -0.4 is 5.32 Å². The topological polar surface area (TPSA) is 77.0 Å². The van der Waals surface area contributed by atoms with Crippen LogP contribution in [0.15, 0.2) is 10.3 Å². The van der Waals surface area contributed by atoms with Crippen molar-refractivity contribution in [3.05, 3.63) is 0 Å². The molecule has 1 heterocycles. The van der Waals surface area contributed by atoms with E-state index in [0.29, 0.717) is 16.3 Å². The van der Waals surface area contributed by atoms with Crippen LogP contribution in [0, 0.1) is 0 Å². The van der Waals surface area contributed by atoms with Gasteiger partial charge < -0.3 is 10.1 Å². The monoisotopic (exact) mass is 316 g/mol. The predicted octanol–water partition coefficient (Wildman–Crippen LogP) is 2.46. The zero-order chi connectivity index (χ0) is 15.2. The van der Waals surface area contributed by atoms with Gasteiger partial charge in [-0.3, -0.25) is 0 Å². The second-order valence-corrected chi connectivity index (χ2v) is 6.79. The van der Waals surface area contributed by atoms with Crippen molar-refractivity contribution in [1.29, 1.82) is 0 Å². The lowest BCUT2D eigenvalue weighted by Gasteiger charge is -2.23. The molecule has 0 aliphatic rings. The molecule has 6 nitrogen and oxygen atoms in total. The highest BCUT2D eigenvalue weighted by Crippen LogP contribution is 2.21. The molecule has 0 saturated carbocycles. The van der Waals surface area contributed by atoms with Gasteiger partial charge in [-0.1, -0.05) is 37.4 Å². The van der Waals surface area contributed by atoms with Gasteiger partial charge in [0.1, 0.15) is 5.54 Å². The van der Waals surface area contributed by atoms with E-state index in [1.807, 2.05) is 13.8 Å². The van der Waals surface area contributed by atoms with Gasteiger partial charge in [-0.15, -0.1) is 0 Å². The van der Waals surface area contributed by atoms with Crippen LogP contribution in [0.1, 0.15) is 27.7 Å². The standard InChI is InChI=1S/C12H20N4O2S2/c1-6-19-10-13-9(14-11(15-10)20-7-2)16-12(3,4)8(17)18-5/h6-7H2,1-5H3,(H,13,14,15,16). The number of hydrogen-bond acceptors (Lipinski definition) is 8. The van der Waals surface area contributed by atoms with E-state index in [4.69, 9.17) is 4.74 Å². The molecule has 0 unspecified atom stereocenters. The highest BCUT2D eigenvalue weighted by molar-refractivity contribution is 7.99. The Morgan fingerprint density at radius 2 is 1.65 bits per heavy atom. The van der Waals surface area contributed by atoms with E-state index < -0.39 is 5.54 Å². The number of nitrogens with zero attached hydrogens (tertiary/aromatic N) is 3. The van der Waals surface area contributed by atoms with Gasteiger partial charge in [0.25, 0.3) is 0 Å². The van der Waals surface area contributed by atoms with E-state index in [1.54, 1.807) is 13.8 Å². The summed E-state index contributed by atoms with van der Waals surface area (Å²) in [6, 6.07) is 0. The van der Waals surface area contributed by atoms with E-state index in [-0.39, 0.29) is 5.97 Å². The minimum atomic E-state index is -0.890. The summed E-state index contributed by atoms with van der Waals surface area (Å²) in [5, 5.41) is 4.31. The lowest BCUT2D eigenvalue weighted by atomic mass is 10.1. The molecule has 0 fully saturated rings. The van der Waals surface area contributed by atoms with Crippen LogP contribution in [-0.2, 0) is 9.53 Å². The molecule has 1 aromatic rings. The van der Waals surface area contributed by atoms with E-state index >= 15 is 0 Å². The molecule has 0 aromatic carbocycles. The molecular formula is C12H20N4O2S2. The summed E-state index contributed by atoms with van der Waals surface area (Å²) < 4.78 is 4.76. The first-order chi connectivity index (χ1) is 9.42. The Bertz CT molecular complexity index is 445. The summed E-state index contributed by atoms with van der Waals surface area (Å²) in [7, 11) is 1.36. The molecule has 1 rings (SSSR count). The van der Waals surface area contributed by atoms with Crippen molar-refractivity contribution in [1.82, 2.24) is 15.0 Å². The summed E-state index contributed by atoms with van der Waals surface area (Å²) in [5.74, 6) is 1.77. The predicted molar refractivity (Wildman–Crippen MR) is 82.3 cm³/mol. The molecule has 112 valence electrons. The zero-order valence-corrected chi connectivity index (χ0v) is 14.0. The third kappa shape index (κ3) is 4.82. The minimum absolute atomic E-state index is 0.368. The lowest BCUT2D eigenvalue weighted by molar-refractivity contribution is -0.144. The Morgan fingerprint density at radius 1 is 1.15 bits per heavy atom. The van der Waals surface area contributed by atoms with Crippen molar-refractivity contribution >= 4 is 35.4 Å². The summed E-state index contributed by atoms with van der Waals surface area (Å²) in [5.41, 5.74) is -0.890. The van der Waals surface area contributed by atoms with E-state index in [0.717, 1.165) is 11.5 Å². The number of hydrogen-bond donors (Lipinski definition) is 1. The Hall–Kier alpha value is -1.02. The highest BCUT2D eigenvalue weighted by atomic mass is 32.2. The zero-order valence-electron chi connectivity index (χ0n) is 12.4. The second kappa shape index (κ2) is 7.68. The summed E-state index contributed by atoms with van der Waals surface area (Å²) >= 11 is 3.08. The van der Waals surface area contributed by atoms with E-state index in [1.165, 1.54) is 30.6 Å². The van der Waals surface area contributed by atoms with Crippen LogP contribution >= 0.6 is 23.5 Å². The Balaban J connectivity index is 3.01. The van der Waals surface area contributed by atoms with Gasteiger partial charge in [-0.25, -0.2) is 4.79 Å². The average molecular weight is 316 g/mol. The number of aromatic nitrogens is 3. The Kier molecular flexibility index (Phi) is 6.54. The van der Waals surface area contributed by atoms with Crippen LogP contribution in [0.4, 0.5) is 5.95 Å². The maximum absolute atomic E-state index is 11.7. The summed E-state index contributed by atoms with van der Waals surface area (Å²) in [6.07, 6.45) is 0. The van der Waals surface area contributed by atoms with Gasteiger partial charge in [0.2, 0.25) is 5.95 Å². The molecule has 0 aliphatic carbocycles. The fourth-order valence-electron chi connectivity index (χ4n) is 1.37. The highest BCUT2D eigenvalue weighted by Gasteiger charge is 2.29. The molecule has 20 heavy (non-hydrogen) atoms. The Labute approximate surface area is 127 Å². The number of ether oxygens (including phenoxy) is 1. The van der Waals surface area contributed by atoms with Crippen LogP contribution in [0.2, 0.25) is 0 Å². The largest absolute Gasteiger partial charge is 0.467 e. The Morgan fingerprint density at radius 3 is 2.05 bits per heavy atom. The number of esters is 1. The van der Waals surface area contributed by atoms with Gasteiger partial charge in [-0.05, 0) is 25.4 Å². The van der Waals surface area contributed by atoms with Gasteiger partial charge in [0, 0.05) is 0 Å². The summed E-state index contributed by atoms with van der Waals surface area (Å²) in [4.78, 5) is 24.7. The number of anilines is 1. The molecule has 0 atom stereocenters. The quantitative estimate of drug-likeness (QED) is 0.607. The summed E-state index contributed by atoms with van der Waals surface area (Å²) in [6.45, 7) is 7.52. The van der Waals surface area contributed by atoms with E-state index in [2.05, 4.69) is 20.3 Å². The van der Waals surface area contributed by atoms with Crippen molar-refractivity contribution in [3.8, 4) is 0 Å². The molecule has 8 heteroatoms. The number of nitrogens with one attached hydrogen (secondary N) is 1. The molecular weight excluding hydrogens is 296 g/mol. The van der Waals surface area contributed by atoms with Crippen molar-refractivity contribution < 1.29 is 9.53 Å². The smallest absolute Gasteiger partial charge is 0.330 e. The number of carbonyl (C=O) groups excluding carboxylic acids is 1. The van der Waals surface area contributed by atoms with Gasteiger partial charge in [0.05, 0.1) is 7.11 Å². The van der Waals surface area contributed by atoms with Gasteiger partial charge in [0.15, 0.2) is 10.3 Å². The van der Waals surface area contributed by atoms with Crippen molar-refractivity contribution in [2.75, 3.05) is 23.9 Å². The normalized spacial score (nSPS) is 11.2. The fraction of sp³-hybridized carbons (Fsp3) is 0.667. The van der Waals surface area contributed by atoms with Gasteiger partial charge >= 0.3 is 5.97 Å². The molecule has 0 spiro atoms. The molecule has 0 radical (unpaired) electrons. The first-order valence-corrected chi connectivity index (χ1v) is 8.28. The first kappa shape index (κ1) is 17.0. The van der Waals surface area contributed by atoms with Crippen LogP contribution in [-0.4, -0.2) is 45.1 Å². The molecule has 1 N–H and O–H groups in total.